The molecular formula is C35H34ClF5N8O6. The van der Waals surface area contributed by atoms with Crippen LogP contribution in [0.1, 0.15) is 69.5 Å². The number of ether oxygens (including phenoxy) is 1. The molecule has 1 saturated carbocycles. The van der Waals surface area contributed by atoms with E-state index in [1.807, 2.05) is 26.1 Å². The van der Waals surface area contributed by atoms with Gasteiger partial charge in [0.15, 0.2) is 11.4 Å². The van der Waals surface area contributed by atoms with Gasteiger partial charge in [0.05, 0.1) is 22.3 Å². The van der Waals surface area contributed by atoms with Crippen LogP contribution < -0.4 is 16.2 Å². The summed E-state index contributed by atoms with van der Waals surface area (Å²) in [6.45, 7) is 4.58. The lowest BCUT2D eigenvalue weighted by molar-refractivity contribution is -0.164. The highest BCUT2D eigenvalue weighted by molar-refractivity contribution is 6.32. The Balaban J connectivity index is 1.51. The van der Waals surface area contributed by atoms with Gasteiger partial charge < -0.3 is 19.7 Å². The van der Waals surface area contributed by atoms with E-state index in [-0.39, 0.29) is 41.1 Å². The third-order valence-electron chi connectivity index (χ3n) is 9.38. The fraction of sp³-hybridized carbons (Fsp3) is 0.400. The van der Waals surface area contributed by atoms with Crippen molar-refractivity contribution in [3.05, 3.63) is 87.2 Å². The average molecular weight is 793 g/mol. The van der Waals surface area contributed by atoms with Gasteiger partial charge in [0, 0.05) is 13.1 Å². The number of hydrogen-bond donors (Lipinski definition) is 3. The van der Waals surface area contributed by atoms with Crippen molar-refractivity contribution in [1.29, 1.82) is 0 Å². The minimum absolute atomic E-state index is 0.00758. The Hall–Kier alpha value is -5.59. The minimum atomic E-state index is -4.79. The second kappa shape index (κ2) is 13.9. The van der Waals surface area contributed by atoms with E-state index in [0.717, 1.165) is 15.9 Å². The molecule has 4 aromatic rings. The van der Waals surface area contributed by atoms with Crippen LogP contribution in [-0.2, 0) is 22.1 Å². The highest BCUT2D eigenvalue weighted by Gasteiger charge is 2.64. The predicted molar refractivity (Wildman–Crippen MR) is 187 cm³/mol. The molecule has 1 aliphatic carbocycles. The van der Waals surface area contributed by atoms with Crippen molar-refractivity contribution in [3.8, 4) is 5.69 Å². The first kappa shape index (κ1) is 39.1. The number of carbonyl (C=O) groups excluding carboxylic acids is 2. The second-order valence-corrected chi connectivity index (χ2v) is 14.9. The third kappa shape index (κ3) is 7.44. The van der Waals surface area contributed by atoms with Crippen molar-refractivity contribution in [2.24, 2.45) is 17.5 Å². The molecule has 3 N–H and O–H groups in total. The first-order chi connectivity index (χ1) is 25.7. The number of nitrogens with one attached hydrogen (secondary N) is 2. The quantitative estimate of drug-likeness (QED) is 0.164. The number of carboxylic acid groups (broad SMARTS) is 1. The van der Waals surface area contributed by atoms with E-state index in [0.29, 0.717) is 16.5 Å². The summed E-state index contributed by atoms with van der Waals surface area (Å²) in [5.74, 6) is -2.15. The summed E-state index contributed by atoms with van der Waals surface area (Å²) < 4.78 is 76.4. The van der Waals surface area contributed by atoms with Crippen LogP contribution in [0.5, 0.6) is 0 Å². The van der Waals surface area contributed by atoms with Gasteiger partial charge in [-0.3, -0.25) is 19.8 Å². The molecule has 2 aliphatic rings. The van der Waals surface area contributed by atoms with Gasteiger partial charge in [-0.1, -0.05) is 44.5 Å². The van der Waals surface area contributed by atoms with Gasteiger partial charge in [-0.15, -0.1) is 0 Å². The van der Waals surface area contributed by atoms with Crippen molar-refractivity contribution in [1.82, 2.24) is 34.9 Å². The number of amides is 3. The van der Waals surface area contributed by atoms with Crippen LogP contribution >= 0.6 is 11.6 Å². The largest absolute Gasteiger partial charge is 0.465 e. The normalized spacial score (nSPS) is 18.7. The molecule has 1 unspecified atom stereocenters. The fourth-order valence-electron chi connectivity index (χ4n) is 6.66. The third-order valence-corrected chi connectivity index (χ3v) is 9.69. The molecular weight excluding hydrogens is 759 g/mol. The van der Waals surface area contributed by atoms with Gasteiger partial charge in [0.25, 0.3) is 17.9 Å². The smallest absolute Gasteiger partial charge is 0.411 e. The molecule has 20 heteroatoms. The van der Waals surface area contributed by atoms with Crippen LogP contribution in [0.15, 0.2) is 64.6 Å². The number of rotatable bonds is 9. The Bertz CT molecular complexity index is 2280. The molecule has 3 amide bonds. The number of aliphatic imine (C=N–C) groups is 1. The lowest BCUT2D eigenvalue weighted by Gasteiger charge is -2.35. The lowest BCUT2D eigenvalue weighted by Crippen LogP contribution is -2.51. The number of alkyl halides is 5. The molecule has 3 heterocycles. The molecule has 0 bridgehead atoms. The maximum absolute atomic E-state index is 15.2. The lowest BCUT2D eigenvalue weighted by atomic mass is 9.75. The Morgan fingerprint density at radius 3 is 2.38 bits per heavy atom. The Morgan fingerprint density at radius 2 is 1.76 bits per heavy atom. The zero-order valence-corrected chi connectivity index (χ0v) is 30.4. The summed E-state index contributed by atoms with van der Waals surface area (Å²) in [5, 5.41) is 18.2. The van der Waals surface area contributed by atoms with Crippen LogP contribution in [-0.4, -0.2) is 71.7 Å². The van der Waals surface area contributed by atoms with Crippen LogP contribution in [0.3, 0.4) is 0 Å². The highest BCUT2D eigenvalue weighted by Crippen LogP contribution is 2.49. The number of aryl methyl sites for hydroxylation is 1. The van der Waals surface area contributed by atoms with E-state index in [9.17, 15) is 41.4 Å². The number of hydrogen-bond acceptors (Lipinski definition) is 8. The SMILES string of the molecule is Cn1c(=O)ccc2cc(C3(CC(C)(C)C)N=C(NC(=O)O)N([C@H](COC(=O)NC4(C(F)(F)F)CC4)c4ccc(Cl)c(-n5ncnc5C(F)F)c4)C3=O)ccc21. The van der Waals surface area contributed by atoms with Crippen molar-refractivity contribution in [3.63, 3.8) is 0 Å². The summed E-state index contributed by atoms with van der Waals surface area (Å²) in [6, 6.07) is 9.96. The molecule has 0 saturated heterocycles. The van der Waals surface area contributed by atoms with E-state index in [1.54, 1.807) is 31.3 Å². The monoisotopic (exact) mass is 792 g/mol. The Kier molecular flexibility index (Phi) is 9.90. The van der Waals surface area contributed by atoms with Crippen LogP contribution in [0, 0.1) is 5.41 Å². The van der Waals surface area contributed by atoms with Crippen molar-refractivity contribution >= 4 is 46.6 Å². The van der Waals surface area contributed by atoms with Gasteiger partial charge in [0.1, 0.15) is 18.5 Å². The maximum atomic E-state index is 15.2. The van der Waals surface area contributed by atoms with Gasteiger partial charge in [-0.2, -0.15) is 18.3 Å². The van der Waals surface area contributed by atoms with Crippen LogP contribution in [0.25, 0.3) is 16.6 Å². The van der Waals surface area contributed by atoms with E-state index in [1.165, 1.54) is 28.8 Å². The standard InChI is InChI=1S/C35H34ClF5N8O6/c1-32(2,3)16-34(20-7-9-22-18(13-20)6-10-25(50)47(22)4)28(51)48(29(45-34)44-30(52)53)24(15-55-31(54)46-33(11-12-33)35(39,40)41)19-5-8-21(36)23(14-19)49-27(26(37)38)42-17-43-49/h5-10,13-14,17,24,26H,11-12,15-16H2,1-4H3,(H,44,45)(H,46,54)(H,52,53)/t24-,34?/m1/s1. The van der Waals surface area contributed by atoms with E-state index >= 15 is 4.79 Å². The first-order valence-corrected chi connectivity index (χ1v) is 17.1. The summed E-state index contributed by atoms with van der Waals surface area (Å²) in [5.41, 5.74) is -4.66. The van der Waals surface area contributed by atoms with Crippen molar-refractivity contribution < 1.29 is 46.2 Å². The molecule has 14 nitrogen and oxygen atoms in total. The number of nitrogens with zero attached hydrogens (tertiary/aromatic N) is 6. The summed E-state index contributed by atoms with van der Waals surface area (Å²) in [7, 11) is 1.56. The zero-order chi connectivity index (χ0) is 40.2. The molecule has 2 aromatic carbocycles. The highest BCUT2D eigenvalue weighted by atomic mass is 35.5. The molecule has 55 heavy (non-hydrogen) atoms. The second-order valence-electron chi connectivity index (χ2n) is 14.5. The van der Waals surface area contributed by atoms with Gasteiger partial charge in [-0.25, -0.2) is 33.0 Å². The number of aromatic nitrogens is 4. The maximum Gasteiger partial charge on any atom is 0.411 e. The molecule has 0 spiro atoms. The summed E-state index contributed by atoms with van der Waals surface area (Å²) >= 11 is 6.42. The Labute approximate surface area is 313 Å². The van der Waals surface area contributed by atoms with Crippen molar-refractivity contribution in [2.45, 2.75) is 69.8 Å². The first-order valence-electron chi connectivity index (χ1n) is 16.7. The van der Waals surface area contributed by atoms with Gasteiger partial charge in [-0.05, 0) is 71.5 Å². The molecule has 2 atom stereocenters. The zero-order valence-electron chi connectivity index (χ0n) is 29.6. The fourth-order valence-corrected chi connectivity index (χ4v) is 6.86. The minimum Gasteiger partial charge on any atom is -0.465 e. The van der Waals surface area contributed by atoms with Crippen LogP contribution in [0.4, 0.5) is 31.5 Å². The van der Waals surface area contributed by atoms with E-state index < -0.39 is 71.6 Å². The molecule has 1 aliphatic heterocycles. The van der Waals surface area contributed by atoms with Crippen LogP contribution in [0.2, 0.25) is 5.02 Å². The molecule has 2 aromatic heterocycles. The number of carbonyl (C=O) groups is 3. The number of benzene rings is 2. The molecule has 6 rings (SSSR count). The molecule has 1 fully saturated rings. The number of alkyl carbamates (subject to hydrolysis) is 1. The summed E-state index contributed by atoms with van der Waals surface area (Å²) in [6.07, 6.45) is -11.0. The average Bonchev–Trinajstić information content (AvgIpc) is 3.63. The number of pyridine rings is 1. The number of fused-ring (bicyclic) bond motifs is 1. The molecule has 292 valence electrons. The predicted octanol–water partition coefficient (Wildman–Crippen LogP) is 6.37. The van der Waals surface area contributed by atoms with Gasteiger partial charge in [0.2, 0.25) is 5.96 Å². The number of halogens is 6. The topological polar surface area (TPSA) is 173 Å². The van der Waals surface area contributed by atoms with E-state index in [2.05, 4.69) is 15.4 Å². The molecule has 0 radical (unpaired) electrons. The van der Waals surface area contributed by atoms with Gasteiger partial charge >= 0.3 is 18.4 Å². The van der Waals surface area contributed by atoms with E-state index in [4.69, 9.17) is 21.3 Å². The van der Waals surface area contributed by atoms with Crippen molar-refractivity contribution in [2.75, 3.05) is 6.61 Å². The summed E-state index contributed by atoms with van der Waals surface area (Å²) in [4.78, 5) is 61.9. The Morgan fingerprint density at radius 1 is 1.05 bits per heavy atom. The number of guanidine groups is 1.